The molecule has 1 amide bonds. The lowest BCUT2D eigenvalue weighted by atomic mass is 9.83. The molecule has 3 rings (SSSR count). The van der Waals surface area contributed by atoms with Crippen LogP contribution in [0.15, 0.2) is 0 Å². The molecule has 0 aromatic rings. The van der Waals surface area contributed by atoms with E-state index in [1.54, 1.807) is 14.0 Å². The van der Waals surface area contributed by atoms with Crippen molar-refractivity contribution in [2.24, 2.45) is 28.9 Å². The average molecular weight is 638 g/mol. The number of aliphatic hydroxyl groups is 5. The van der Waals surface area contributed by atoms with Gasteiger partial charge in [0.25, 0.3) is 5.91 Å². The summed E-state index contributed by atoms with van der Waals surface area (Å²) in [5.41, 5.74) is 24.2. The summed E-state index contributed by atoms with van der Waals surface area (Å²) in [6, 6.07) is -3.79. The first-order valence-corrected chi connectivity index (χ1v) is 15.5. The number of nitrogens with two attached hydrogens (primary N) is 4. The highest BCUT2D eigenvalue weighted by Crippen LogP contribution is 2.32. The first-order chi connectivity index (χ1) is 20.9. The number of carbonyl (C=O) groups excluding carboxylic acids is 1. The van der Waals surface area contributed by atoms with Crippen molar-refractivity contribution in [3.05, 3.63) is 0 Å². The van der Waals surface area contributed by atoms with Gasteiger partial charge in [-0.15, -0.1) is 0 Å². The lowest BCUT2D eigenvalue weighted by Gasteiger charge is -2.48. The van der Waals surface area contributed by atoms with Crippen LogP contribution in [0, 0.1) is 5.92 Å². The van der Waals surface area contributed by atoms with Crippen molar-refractivity contribution in [1.29, 1.82) is 0 Å². The van der Waals surface area contributed by atoms with Crippen molar-refractivity contribution < 1.29 is 49.3 Å². The van der Waals surface area contributed by atoms with Crippen LogP contribution in [0.3, 0.4) is 0 Å². The number of hydrogen-bond donors (Lipinski definition) is 12. The molecule has 1 saturated carbocycles. The summed E-state index contributed by atoms with van der Waals surface area (Å²) in [7, 11) is 1.64. The Hall–Kier alpha value is -1.13. The zero-order valence-electron chi connectivity index (χ0n) is 25.6. The van der Waals surface area contributed by atoms with Crippen molar-refractivity contribution in [1.82, 2.24) is 16.0 Å². The molecule has 2 aliphatic heterocycles. The number of ether oxygens (including phenoxy) is 4. The molecule has 0 aromatic heterocycles. The number of amides is 1. The molecular formula is C27H55N7O10. The molecule has 17 nitrogen and oxygen atoms in total. The van der Waals surface area contributed by atoms with Gasteiger partial charge in [-0.1, -0.05) is 0 Å². The van der Waals surface area contributed by atoms with Gasteiger partial charge in [0.05, 0.1) is 37.5 Å². The Labute approximate surface area is 258 Å². The minimum Gasteiger partial charge on any atom is -0.395 e. The van der Waals surface area contributed by atoms with Gasteiger partial charge < -0.3 is 83.4 Å². The lowest BCUT2D eigenvalue weighted by molar-refractivity contribution is -0.297. The molecular weight excluding hydrogens is 582 g/mol. The highest BCUT2D eigenvalue weighted by atomic mass is 16.7. The van der Waals surface area contributed by atoms with E-state index in [0.29, 0.717) is 25.9 Å². The molecule has 3 fully saturated rings. The number of aliphatic hydroxyl groups excluding tert-OH is 5. The summed E-state index contributed by atoms with van der Waals surface area (Å²) in [6.45, 7) is 2.68. The number of carbonyl (C=O) groups is 1. The van der Waals surface area contributed by atoms with Crippen LogP contribution < -0.4 is 38.9 Å². The van der Waals surface area contributed by atoms with Gasteiger partial charge in [0.1, 0.15) is 30.5 Å². The zero-order valence-corrected chi connectivity index (χ0v) is 25.6. The summed E-state index contributed by atoms with van der Waals surface area (Å²) in [6.07, 6.45) is -8.24. The van der Waals surface area contributed by atoms with Gasteiger partial charge in [-0.3, -0.25) is 4.79 Å². The van der Waals surface area contributed by atoms with E-state index in [4.69, 9.17) is 47.0 Å². The molecule has 0 radical (unpaired) electrons. The minimum atomic E-state index is -1.58. The standard InChI is InChI=1S/C27H55N7O10/c1-12(36)14-11-41-27(21(38)19(14)32-2)44-24-18(34-25(40)20(37)15(29)5-6-28)9-17(31)23(22(24)39)43-26-16(30)4-3-13(42-26)10-33-7-8-35/h12-24,26-27,32-33,35-39H,3-11,28-31H2,1-2H3,(H,34,40). The Balaban J connectivity index is 1.80. The van der Waals surface area contributed by atoms with E-state index in [1.165, 1.54) is 0 Å². The Morgan fingerprint density at radius 1 is 1.07 bits per heavy atom. The predicted molar refractivity (Wildman–Crippen MR) is 158 cm³/mol. The first-order valence-electron chi connectivity index (χ1n) is 15.5. The van der Waals surface area contributed by atoms with Crippen LogP contribution >= 0.6 is 0 Å². The van der Waals surface area contributed by atoms with Gasteiger partial charge in [0.15, 0.2) is 12.6 Å². The Morgan fingerprint density at radius 3 is 2.41 bits per heavy atom. The topological polar surface area (TPSA) is 295 Å². The molecule has 15 atom stereocenters. The lowest BCUT2D eigenvalue weighted by Crippen LogP contribution is -2.68. The summed E-state index contributed by atoms with van der Waals surface area (Å²) < 4.78 is 24.2. The third kappa shape index (κ3) is 9.46. The second-order valence-corrected chi connectivity index (χ2v) is 12.1. The third-order valence-corrected chi connectivity index (χ3v) is 8.77. The van der Waals surface area contributed by atoms with E-state index < -0.39 is 91.2 Å². The maximum Gasteiger partial charge on any atom is 0.250 e. The van der Waals surface area contributed by atoms with Crippen LogP contribution in [-0.2, 0) is 23.7 Å². The number of hydrogen-bond acceptors (Lipinski definition) is 16. The third-order valence-electron chi connectivity index (χ3n) is 8.77. The molecule has 15 unspecified atom stereocenters. The molecule has 17 heteroatoms. The molecule has 0 bridgehead atoms. The van der Waals surface area contributed by atoms with Crippen molar-refractivity contribution in [3.8, 4) is 0 Å². The van der Waals surface area contributed by atoms with Crippen LogP contribution in [-0.4, -0.2) is 157 Å². The van der Waals surface area contributed by atoms with Gasteiger partial charge >= 0.3 is 0 Å². The maximum atomic E-state index is 13.0. The van der Waals surface area contributed by atoms with Crippen molar-refractivity contribution in [3.63, 3.8) is 0 Å². The number of nitrogens with one attached hydrogen (secondary N) is 3. The summed E-state index contributed by atoms with van der Waals surface area (Å²) in [5.74, 6) is -1.23. The van der Waals surface area contributed by atoms with Crippen LogP contribution in [0.4, 0.5) is 0 Å². The molecule has 1 aliphatic carbocycles. The van der Waals surface area contributed by atoms with Gasteiger partial charge in [0, 0.05) is 37.1 Å². The fourth-order valence-electron chi connectivity index (χ4n) is 6.13. The largest absolute Gasteiger partial charge is 0.395 e. The second kappa shape index (κ2) is 17.7. The minimum absolute atomic E-state index is 0.0154. The summed E-state index contributed by atoms with van der Waals surface area (Å²) >= 11 is 0. The van der Waals surface area contributed by atoms with Crippen molar-refractivity contribution >= 4 is 5.91 Å². The van der Waals surface area contributed by atoms with E-state index >= 15 is 0 Å². The van der Waals surface area contributed by atoms with E-state index in [-0.39, 0.29) is 38.7 Å². The first kappa shape index (κ1) is 37.3. The predicted octanol–water partition coefficient (Wildman–Crippen LogP) is -5.91. The molecule has 0 spiro atoms. The molecule has 3 aliphatic rings. The van der Waals surface area contributed by atoms with Crippen LogP contribution in [0.1, 0.15) is 32.6 Å². The van der Waals surface area contributed by atoms with E-state index in [0.717, 1.165) is 0 Å². The normalized spacial score (nSPS) is 40.2. The van der Waals surface area contributed by atoms with E-state index in [1.807, 2.05) is 0 Å². The van der Waals surface area contributed by atoms with Crippen molar-refractivity contribution in [2.45, 2.75) is 118 Å². The fraction of sp³-hybridized carbons (Fsp3) is 0.963. The Bertz CT molecular complexity index is 866. The summed E-state index contributed by atoms with van der Waals surface area (Å²) in [5, 5.41) is 61.2. The highest BCUT2D eigenvalue weighted by Gasteiger charge is 2.50. The van der Waals surface area contributed by atoms with Crippen LogP contribution in [0.2, 0.25) is 0 Å². The number of likely N-dealkylation sites (N-methyl/N-ethyl adjacent to an activating group) is 1. The van der Waals surface area contributed by atoms with E-state index in [9.17, 15) is 25.2 Å². The quantitative estimate of drug-likeness (QED) is 0.0744. The summed E-state index contributed by atoms with van der Waals surface area (Å²) in [4.78, 5) is 13.0. The maximum absolute atomic E-state index is 13.0. The SMILES string of the molecule is CNC1C(O)C(OC2C(NC(=O)C(O)C(N)CCN)CC(N)C(OC3OC(CNCCO)CCC3N)C2O)OCC1C(C)O. The monoisotopic (exact) mass is 637 g/mol. The Morgan fingerprint density at radius 2 is 1.77 bits per heavy atom. The van der Waals surface area contributed by atoms with Gasteiger partial charge in [-0.2, -0.15) is 0 Å². The highest BCUT2D eigenvalue weighted by molar-refractivity contribution is 5.81. The van der Waals surface area contributed by atoms with Gasteiger partial charge in [-0.05, 0) is 46.2 Å². The number of rotatable bonds is 15. The molecule has 2 saturated heterocycles. The van der Waals surface area contributed by atoms with Crippen molar-refractivity contribution in [2.75, 3.05) is 39.9 Å². The smallest absolute Gasteiger partial charge is 0.250 e. The fourth-order valence-corrected chi connectivity index (χ4v) is 6.13. The molecule has 0 aromatic carbocycles. The zero-order chi connectivity index (χ0) is 32.6. The average Bonchev–Trinajstić information content (AvgIpc) is 2.98. The molecule has 2 heterocycles. The van der Waals surface area contributed by atoms with Gasteiger partial charge in [0.2, 0.25) is 0 Å². The van der Waals surface area contributed by atoms with Gasteiger partial charge in [-0.25, -0.2) is 0 Å². The second-order valence-electron chi connectivity index (χ2n) is 12.1. The van der Waals surface area contributed by atoms with E-state index in [2.05, 4.69) is 16.0 Å². The van der Waals surface area contributed by atoms with Crippen LogP contribution in [0.5, 0.6) is 0 Å². The Kier molecular flexibility index (Phi) is 15.0. The van der Waals surface area contributed by atoms with Crippen LogP contribution in [0.25, 0.3) is 0 Å². The molecule has 16 N–H and O–H groups in total. The molecule has 258 valence electrons. The molecule has 44 heavy (non-hydrogen) atoms.